The van der Waals surface area contributed by atoms with E-state index in [9.17, 15) is 4.79 Å². The van der Waals surface area contributed by atoms with E-state index in [1.165, 1.54) is 0 Å². The minimum Gasteiger partial charge on any atom is -0.497 e. The highest BCUT2D eigenvalue weighted by molar-refractivity contribution is 6.07. The van der Waals surface area contributed by atoms with Gasteiger partial charge in [0.2, 0.25) is 5.91 Å². The number of methoxy groups -OCH3 is 1. The number of benzene rings is 1. The third kappa shape index (κ3) is 3.87. The summed E-state index contributed by atoms with van der Waals surface area (Å²) in [5.41, 5.74) is 6.16. The summed E-state index contributed by atoms with van der Waals surface area (Å²) in [6.07, 6.45) is 0. The highest BCUT2D eigenvalue weighted by Gasteiger charge is 2.26. The number of ether oxygens (including phenoxy) is 1. The molecule has 0 heterocycles. The predicted molar refractivity (Wildman–Crippen MR) is 73.4 cm³/mol. The molecule has 6 nitrogen and oxygen atoms in total. The second-order valence-electron chi connectivity index (χ2n) is 4.46. The number of nitrogens with zero attached hydrogens (tertiary/aromatic N) is 1. The quantitative estimate of drug-likeness (QED) is 0.326. The van der Waals surface area contributed by atoms with Crippen LogP contribution in [0.25, 0.3) is 0 Å². The Morgan fingerprint density at radius 3 is 2.37 bits per heavy atom. The summed E-state index contributed by atoms with van der Waals surface area (Å²) in [5.74, 6) is -0.451. The van der Waals surface area contributed by atoms with Gasteiger partial charge < -0.3 is 21.0 Å². The number of anilines is 1. The topological polar surface area (TPSA) is 96.9 Å². The molecule has 1 atom stereocenters. The third-order valence-electron chi connectivity index (χ3n) is 2.74. The Hall–Kier alpha value is -2.24. The second-order valence-corrected chi connectivity index (χ2v) is 4.46. The van der Waals surface area contributed by atoms with Crippen LogP contribution in [0.3, 0.4) is 0 Å². The van der Waals surface area contributed by atoms with E-state index in [-0.39, 0.29) is 17.7 Å². The van der Waals surface area contributed by atoms with Gasteiger partial charge in [0.25, 0.3) is 0 Å². The first kappa shape index (κ1) is 14.8. The molecule has 0 aliphatic rings. The van der Waals surface area contributed by atoms with E-state index in [0.717, 1.165) is 0 Å². The van der Waals surface area contributed by atoms with E-state index >= 15 is 0 Å². The van der Waals surface area contributed by atoms with E-state index in [1.807, 2.05) is 13.8 Å². The van der Waals surface area contributed by atoms with Gasteiger partial charge in [0, 0.05) is 5.69 Å². The van der Waals surface area contributed by atoms with Crippen LogP contribution in [0.4, 0.5) is 5.69 Å². The van der Waals surface area contributed by atoms with Crippen LogP contribution in [0.2, 0.25) is 0 Å². The number of oxime groups is 1. The standard InChI is InChI=1S/C13H19N3O3/c1-8(2)11(12(14)16-18)13(17)15-9-4-6-10(19-3)7-5-9/h4-8,11,18H,1-3H3,(H2,14,16)(H,15,17). The smallest absolute Gasteiger partial charge is 0.235 e. The molecule has 0 saturated heterocycles. The van der Waals surface area contributed by atoms with Crippen LogP contribution in [0.15, 0.2) is 29.4 Å². The molecular weight excluding hydrogens is 246 g/mol. The molecule has 19 heavy (non-hydrogen) atoms. The predicted octanol–water partition coefficient (Wildman–Crippen LogP) is 1.65. The molecule has 104 valence electrons. The Balaban J connectivity index is 2.81. The minimum absolute atomic E-state index is 0.0749. The van der Waals surface area contributed by atoms with Gasteiger partial charge in [-0.3, -0.25) is 4.79 Å². The van der Waals surface area contributed by atoms with Crippen molar-refractivity contribution < 1.29 is 14.7 Å². The molecule has 0 aliphatic heterocycles. The van der Waals surface area contributed by atoms with Gasteiger partial charge >= 0.3 is 0 Å². The lowest BCUT2D eigenvalue weighted by Crippen LogP contribution is -2.38. The summed E-state index contributed by atoms with van der Waals surface area (Å²) in [4.78, 5) is 12.1. The highest BCUT2D eigenvalue weighted by atomic mass is 16.5. The molecule has 1 aromatic rings. The largest absolute Gasteiger partial charge is 0.497 e. The van der Waals surface area contributed by atoms with Crippen LogP contribution in [-0.4, -0.2) is 24.1 Å². The number of hydrogen-bond acceptors (Lipinski definition) is 4. The number of carbonyl (C=O) groups excluding carboxylic acids is 1. The molecule has 0 bridgehead atoms. The van der Waals surface area contributed by atoms with Gasteiger partial charge in [-0.2, -0.15) is 0 Å². The number of carbonyl (C=O) groups is 1. The zero-order chi connectivity index (χ0) is 14.4. The first-order valence-electron chi connectivity index (χ1n) is 5.92. The summed E-state index contributed by atoms with van der Waals surface area (Å²) in [6, 6.07) is 6.92. The average Bonchev–Trinajstić information content (AvgIpc) is 2.39. The summed E-state index contributed by atoms with van der Waals surface area (Å²) in [6.45, 7) is 3.66. The monoisotopic (exact) mass is 265 g/mol. The first-order chi connectivity index (χ1) is 8.99. The van der Waals surface area contributed by atoms with Gasteiger partial charge in [0.15, 0.2) is 5.84 Å². The molecule has 0 aliphatic carbocycles. The van der Waals surface area contributed by atoms with Crippen LogP contribution in [0.5, 0.6) is 5.75 Å². The second kappa shape index (κ2) is 6.63. The Kier molecular flexibility index (Phi) is 5.17. The van der Waals surface area contributed by atoms with E-state index < -0.39 is 5.92 Å². The summed E-state index contributed by atoms with van der Waals surface area (Å²) >= 11 is 0. The molecule has 0 saturated carbocycles. The van der Waals surface area contributed by atoms with Crippen molar-refractivity contribution in [1.82, 2.24) is 0 Å². The Labute approximate surface area is 112 Å². The first-order valence-corrected chi connectivity index (χ1v) is 5.92. The van der Waals surface area contributed by atoms with E-state index in [1.54, 1.807) is 31.4 Å². The normalized spacial score (nSPS) is 13.2. The minimum atomic E-state index is -0.674. The van der Waals surface area contributed by atoms with Crippen LogP contribution in [-0.2, 0) is 4.79 Å². The Morgan fingerprint density at radius 2 is 1.95 bits per heavy atom. The van der Waals surface area contributed by atoms with Gasteiger partial charge in [-0.15, -0.1) is 0 Å². The van der Waals surface area contributed by atoms with Crippen molar-refractivity contribution in [3.8, 4) is 5.75 Å². The maximum absolute atomic E-state index is 12.1. The van der Waals surface area contributed by atoms with Crippen molar-refractivity contribution >= 4 is 17.4 Å². The number of amidine groups is 1. The molecular formula is C13H19N3O3. The van der Waals surface area contributed by atoms with E-state index in [0.29, 0.717) is 11.4 Å². The number of nitrogens with two attached hydrogens (primary N) is 1. The molecule has 0 fully saturated rings. The Bertz CT molecular complexity index is 455. The van der Waals surface area contributed by atoms with Gasteiger partial charge in [0.05, 0.1) is 7.11 Å². The zero-order valence-corrected chi connectivity index (χ0v) is 11.3. The fraction of sp³-hybridized carbons (Fsp3) is 0.385. The van der Waals surface area contributed by atoms with Crippen molar-refractivity contribution in [2.45, 2.75) is 13.8 Å². The zero-order valence-electron chi connectivity index (χ0n) is 11.3. The summed E-state index contributed by atoms with van der Waals surface area (Å²) in [7, 11) is 1.57. The van der Waals surface area contributed by atoms with Crippen LogP contribution in [0.1, 0.15) is 13.8 Å². The molecule has 0 spiro atoms. The molecule has 0 aromatic heterocycles. The molecule has 1 aromatic carbocycles. The average molecular weight is 265 g/mol. The van der Waals surface area contributed by atoms with Crippen molar-refractivity contribution in [3.05, 3.63) is 24.3 Å². The van der Waals surface area contributed by atoms with Crippen LogP contribution in [0, 0.1) is 11.8 Å². The summed E-state index contributed by atoms with van der Waals surface area (Å²) in [5, 5.41) is 14.3. The fourth-order valence-corrected chi connectivity index (χ4v) is 1.74. The molecule has 4 N–H and O–H groups in total. The maximum atomic E-state index is 12.1. The highest BCUT2D eigenvalue weighted by Crippen LogP contribution is 2.18. The van der Waals surface area contributed by atoms with Gasteiger partial charge in [-0.1, -0.05) is 19.0 Å². The van der Waals surface area contributed by atoms with Crippen molar-refractivity contribution in [2.75, 3.05) is 12.4 Å². The molecule has 1 unspecified atom stereocenters. The number of nitrogens with one attached hydrogen (secondary N) is 1. The number of amides is 1. The number of rotatable bonds is 5. The Morgan fingerprint density at radius 1 is 1.37 bits per heavy atom. The van der Waals surface area contributed by atoms with Crippen molar-refractivity contribution in [1.29, 1.82) is 0 Å². The lowest BCUT2D eigenvalue weighted by molar-refractivity contribution is -0.119. The molecule has 1 rings (SSSR count). The SMILES string of the molecule is COc1ccc(NC(=O)C(C(N)=NO)C(C)C)cc1. The molecule has 6 heteroatoms. The van der Waals surface area contributed by atoms with Crippen LogP contribution >= 0.6 is 0 Å². The lowest BCUT2D eigenvalue weighted by Gasteiger charge is -2.18. The van der Waals surface area contributed by atoms with E-state index in [2.05, 4.69) is 10.5 Å². The third-order valence-corrected chi connectivity index (χ3v) is 2.74. The van der Waals surface area contributed by atoms with E-state index in [4.69, 9.17) is 15.7 Å². The van der Waals surface area contributed by atoms with Gasteiger partial charge in [-0.05, 0) is 30.2 Å². The maximum Gasteiger partial charge on any atom is 0.235 e. The fourth-order valence-electron chi connectivity index (χ4n) is 1.74. The van der Waals surface area contributed by atoms with Crippen molar-refractivity contribution in [3.63, 3.8) is 0 Å². The molecule has 0 radical (unpaired) electrons. The van der Waals surface area contributed by atoms with Crippen LogP contribution < -0.4 is 15.8 Å². The lowest BCUT2D eigenvalue weighted by atomic mass is 9.94. The molecule has 1 amide bonds. The number of hydrogen-bond donors (Lipinski definition) is 3. The van der Waals surface area contributed by atoms with Gasteiger partial charge in [0.1, 0.15) is 11.7 Å². The van der Waals surface area contributed by atoms with Crippen molar-refractivity contribution in [2.24, 2.45) is 22.7 Å². The van der Waals surface area contributed by atoms with Gasteiger partial charge in [-0.25, -0.2) is 0 Å². The summed E-state index contributed by atoms with van der Waals surface area (Å²) < 4.78 is 5.03.